The van der Waals surface area contributed by atoms with Crippen molar-refractivity contribution in [2.45, 2.75) is 6.92 Å². The highest BCUT2D eigenvalue weighted by atomic mass is 79.9. The number of rotatable bonds is 1. The van der Waals surface area contributed by atoms with Crippen molar-refractivity contribution >= 4 is 27.0 Å². The van der Waals surface area contributed by atoms with Crippen molar-refractivity contribution in [2.75, 3.05) is 0 Å². The molecule has 0 amide bonds. The Morgan fingerprint density at radius 3 is 2.76 bits per heavy atom. The molecule has 0 saturated heterocycles. The molecule has 17 heavy (non-hydrogen) atoms. The fourth-order valence-corrected chi connectivity index (χ4v) is 2.35. The molecule has 0 atom stereocenters. The fraction of sp³-hybridized carbons (Fsp3) is 0.0769. The maximum Gasteiger partial charge on any atom is 0.164 e. The van der Waals surface area contributed by atoms with Gasteiger partial charge < -0.3 is 0 Å². The van der Waals surface area contributed by atoms with Crippen molar-refractivity contribution in [3.8, 4) is 5.69 Å². The summed E-state index contributed by atoms with van der Waals surface area (Å²) in [5.41, 5.74) is 3.10. The highest BCUT2D eigenvalue weighted by Gasteiger charge is 2.11. The molecule has 0 aliphatic heterocycles. The van der Waals surface area contributed by atoms with Crippen LogP contribution >= 0.6 is 15.9 Å². The number of aryl methyl sites for hydroxylation is 1. The Morgan fingerprint density at radius 2 is 1.94 bits per heavy atom. The maximum absolute atomic E-state index is 4.49. The quantitative estimate of drug-likeness (QED) is 0.686. The summed E-state index contributed by atoms with van der Waals surface area (Å²) in [5, 5.41) is 5.52. The molecular formula is C13H10BrN3. The Bertz CT molecular complexity index is 688. The van der Waals surface area contributed by atoms with E-state index >= 15 is 0 Å². The predicted molar refractivity (Wildman–Crippen MR) is 71.3 cm³/mol. The van der Waals surface area contributed by atoms with Gasteiger partial charge >= 0.3 is 0 Å². The second-order valence-electron chi connectivity index (χ2n) is 3.86. The van der Waals surface area contributed by atoms with Crippen LogP contribution in [0.5, 0.6) is 0 Å². The second-order valence-corrected chi connectivity index (χ2v) is 4.61. The van der Waals surface area contributed by atoms with E-state index in [0.717, 1.165) is 21.3 Å². The molecule has 0 aliphatic rings. The molecular weight excluding hydrogens is 278 g/mol. The molecule has 3 aromatic rings. The normalized spacial score (nSPS) is 10.9. The molecule has 3 rings (SSSR count). The Labute approximate surface area is 107 Å². The molecule has 0 radical (unpaired) electrons. The van der Waals surface area contributed by atoms with Crippen molar-refractivity contribution in [1.82, 2.24) is 14.8 Å². The lowest BCUT2D eigenvalue weighted by atomic mass is 10.2. The number of fused-ring (bicyclic) bond motifs is 1. The van der Waals surface area contributed by atoms with Gasteiger partial charge in [-0.3, -0.25) is 0 Å². The van der Waals surface area contributed by atoms with Crippen LogP contribution in [0.2, 0.25) is 0 Å². The van der Waals surface area contributed by atoms with Crippen molar-refractivity contribution in [3.63, 3.8) is 0 Å². The number of pyridine rings is 1. The van der Waals surface area contributed by atoms with Crippen molar-refractivity contribution in [2.24, 2.45) is 0 Å². The van der Waals surface area contributed by atoms with E-state index in [-0.39, 0.29) is 0 Å². The summed E-state index contributed by atoms with van der Waals surface area (Å²) in [5.74, 6) is 0. The highest BCUT2D eigenvalue weighted by molar-refractivity contribution is 9.10. The Hall–Kier alpha value is -1.68. The topological polar surface area (TPSA) is 30.7 Å². The smallest absolute Gasteiger partial charge is 0.164 e. The lowest BCUT2D eigenvalue weighted by molar-refractivity contribution is 0.879. The largest absolute Gasteiger partial charge is 0.236 e. The molecule has 1 aromatic carbocycles. The van der Waals surface area contributed by atoms with Crippen molar-refractivity contribution in [1.29, 1.82) is 0 Å². The average molecular weight is 288 g/mol. The SMILES string of the molecule is Cc1ccccc1-n1nc(Br)c2cccnc21. The Morgan fingerprint density at radius 1 is 1.12 bits per heavy atom. The van der Waals surface area contributed by atoms with E-state index in [1.165, 1.54) is 5.56 Å². The van der Waals surface area contributed by atoms with Crippen molar-refractivity contribution in [3.05, 3.63) is 52.8 Å². The lowest BCUT2D eigenvalue weighted by Crippen LogP contribution is -1.99. The molecule has 3 nitrogen and oxygen atoms in total. The molecule has 0 spiro atoms. The summed E-state index contributed by atoms with van der Waals surface area (Å²) in [4.78, 5) is 4.39. The van der Waals surface area contributed by atoms with Gasteiger partial charge in [-0.25, -0.2) is 9.67 Å². The Kier molecular flexibility index (Phi) is 2.44. The number of para-hydroxylation sites is 1. The first-order valence-corrected chi connectivity index (χ1v) is 6.12. The molecule has 0 N–H and O–H groups in total. The third-order valence-electron chi connectivity index (χ3n) is 2.74. The van der Waals surface area contributed by atoms with E-state index in [1.54, 1.807) is 6.20 Å². The number of hydrogen-bond donors (Lipinski definition) is 0. The van der Waals surface area contributed by atoms with E-state index < -0.39 is 0 Å². The molecule has 0 fully saturated rings. The molecule has 0 saturated carbocycles. The maximum atomic E-state index is 4.49. The molecule has 0 unspecified atom stereocenters. The van der Waals surface area contributed by atoms with Gasteiger partial charge in [-0.1, -0.05) is 18.2 Å². The van der Waals surface area contributed by atoms with Crippen LogP contribution in [-0.2, 0) is 0 Å². The van der Waals surface area contributed by atoms with Crippen LogP contribution in [0.15, 0.2) is 47.2 Å². The number of nitrogens with zero attached hydrogens (tertiary/aromatic N) is 3. The molecule has 84 valence electrons. The van der Waals surface area contributed by atoms with Crippen LogP contribution in [0.25, 0.3) is 16.7 Å². The van der Waals surface area contributed by atoms with Gasteiger partial charge in [0.2, 0.25) is 0 Å². The minimum absolute atomic E-state index is 0.823. The number of aromatic nitrogens is 3. The van der Waals surface area contributed by atoms with Crippen molar-refractivity contribution < 1.29 is 0 Å². The van der Waals surface area contributed by atoms with Crippen LogP contribution in [0.4, 0.5) is 0 Å². The fourth-order valence-electron chi connectivity index (χ4n) is 1.88. The summed E-state index contributed by atoms with van der Waals surface area (Å²) in [6.45, 7) is 2.07. The molecule has 4 heteroatoms. The zero-order valence-corrected chi connectivity index (χ0v) is 10.8. The molecule has 0 bridgehead atoms. The van der Waals surface area contributed by atoms with Gasteiger partial charge in [0.25, 0.3) is 0 Å². The third-order valence-corrected chi connectivity index (χ3v) is 3.33. The number of halogens is 1. The van der Waals surface area contributed by atoms with Crippen LogP contribution in [0, 0.1) is 6.92 Å². The second kappa shape index (κ2) is 3.96. The van der Waals surface area contributed by atoms with Crippen LogP contribution in [-0.4, -0.2) is 14.8 Å². The highest BCUT2D eigenvalue weighted by Crippen LogP contribution is 2.25. The summed E-state index contributed by atoms with van der Waals surface area (Å²) < 4.78 is 2.69. The summed E-state index contributed by atoms with van der Waals surface area (Å²) in [6, 6.07) is 12.1. The average Bonchev–Trinajstić information content (AvgIpc) is 2.68. The van der Waals surface area contributed by atoms with Crippen LogP contribution in [0.3, 0.4) is 0 Å². The molecule has 2 heterocycles. The van der Waals surface area contributed by atoms with Gasteiger partial charge in [0.1, 0.15) is 4.60 Å². The monoisotopic (exact) mass is 287 g/mol. The minimum atomic E-state index is 0.823. The summed E-state index contributed by atoms with van der Waals surface area (Å²) in [6.07, 6.45) is 1.78. The van der Waals surface area contributed by atoms with Gasteiger partial charge in [-0.15, -0.1) is 0 Å². The van der Waals surface area contributed by atoms with E-state index in [0.29, 0.717) is 0 Å². The minimum Gasteiger partial charge on any atom is -0.236 e. The number of benzene rings is 1. The first-order chi connectivity index (χ1) is 8.27. The van der Waals surface area contributed by atoms with Gasteiger partial charge in [0, 0.05) is 6.20 Å². The van der Waals surface area contributed by atoms with Crippen LogP contribution < -0.4 is 0 Å². The lowest BCUT2D eigenvalue weighted by Gasteiger charge is -2.05. The van der Waals surface area contributed by atoms with E-state index in [1.807, 2.05) is 35.0 Å². The van der Waals surface area contributed by atoms with Gasteiger partial charge in [0.15, 0.2) is 5.65 Å². The van der Waals surface area contributed by atoms with Gasteiger partial charge in [-0.05, 0) is 46.6 Å². The Balaban J connectivity index is 2.35. The molecule has 0 aliphatic carbocycles. The van der Waals surface area contributed by atoms with E-state index in [9.17, 15) is 0 Å². The number of hydrogen-bond acceptors (Lipinski definition) is 2. The standard InChI is InChI=1S/C13H10BrN3/c1-9-5-2-3-7-11(9)17-13-10(12(14)16-17)6-4-8-15-13/h2-8H,1H3. The zero-order chi connectivity index (χ0) is 11.8. The third kappa shape index (κ3) is 1.65. The van der Waals surface area contributed by atoms with Crippen LogP contribution in [0.1, 0.15) is 5.56 Å². The van der Waals surface area contributed by atoms with E-state index in [4.69, 9.17) is 0 Å². The summed E-state index contributed by atoms with van der Waals surface area (Å²) in [7, 11) is 0. The van der Waals surface area contributed by atoms with Gasteiger partial charge in [-0.2, -0.15) is 5.10 Å². The first-order valence-electron chi connectivity index (χ1n) is 5.32. The first kappa shape index (κ1) is 10.5. The zero-order valence-electron chi connectivity index (χ0n) is 9.26. The van der Waals surface area contributed by atoms with Gasteiger partial charge in [0.05, 0.1) is 11.1 Å². The molecule has 2 aromatic heterocycles. The summed E-state index contributed by atoms with van der Waals surface area (Å²) >= 11 is 3.47. The predicted octanol–water partition coefficient (Wildman–Crippen LogP) is 3.49. The van der Waals surface area contributed by atoms with E-state index in [2.05, 4.69) is 39.0 Å².